The van der Waals surface area contributed by atoms with E-state index in [-0.39, 0.29) is 0 Å². The normalized spacial score (nSPS) is 10.7. The zero-order chi connectivity index (χ0) is 13.9. The van der Waals surface area contributed by atoms with E-state index >= 15 is 0 Å². The topological polar surface area (TPSA) is 22.1 Å². The van der Waals surface area contributed by atoms with E-state index in [1.165, 1.54) is 0 Å². The second kappa shape index (κ2) is 5.97. The van der Waals surface area contributed by atoms with Crippen molar-refractivity contribution in [3.63, 3.8) is 0 Å². The highest BCUT2D eigenvalue weighted by Crippen LogP contribution is 2.28. The zero-order valence-corrected chi connectivity index (χ0v) is 13.4. The van der Waals surface area contributed by atoms with Crippen molar-refractivity contribution in [3.05, 3.63) is 68.9 Å². The molecule has 100 valence electrons. The molecule has 0 bridgehead atoms. The number of ether oxygens (including phenoxy) is 1. The van der Waals surface area contributed by atoms with Crippen LogP contribution in [0.25, 0.3) is 10.9 Å². The van der Waals surface area contributed by atoms with E-state index < -0.39 is 0 Å². The molecule has 0 aliphatic carbocycles. The third-order valence-electron chi connectivity index (χ3n) is 2.94. The molecule has 0 spiro atoms. The minimum Gasteiger partial charge on any atom is -0.488 e. The Balaban J connectivity index is 1.88. The molecule has 0 aliphatic rings. The predicted molar refractivity (Wildman–Crippen MR) is 90.2 cm³/mol. The molecular weight excluding hydrogens is 385 g/mol. The number of aromatic nitrogens is 1. The van der Waals surface area contributed by atoms with Crippen LogP contribution in [0, 0.1) is 3.57 Å². The molecule has 4 heteroatoms. The Morgan fingerprint density at radius 3 is 2.70 bits per heavy atom. The Bertz CT molecular complexity index is 746. The van der Waals surface area contributed by atoms with Crippen molar-refractivity contribution in [1.29, 1.82) is 0 Å². The molecule has 0 atom stereocenters. The van der Waals surface area contributed by atoms with Gasteiger partial charge in [-0.15, -0.1) is 0 Å². The van der Waals surface area contributed by atoms with E-state index in [1.807, 2.05) is 48.5 Å². The maximum atomic E-state index is 5.96. The number of nitrogens with zero attached hydrogens (tertiary/aromatic N) is 1. The Morgan fingerprint density at radius 2 is 1.90 bits per heavy atom. The summed E-state index contributed by atoms with van der Waals surface area (Å²) in [5.74, 6) is 0.844. The molecule has 0 fully saturated rings. The Morgan fingerprint density at radius 1 is 1.10 bits per heavy atom. The van der Waals surface area contributed by atoms with E-state index in [0.29, 0.717) is 11.6 Å². The van der Waals surface area contributed by atoms with Gasteiger partial charge in [-0.05, 0) is 40.3 Å². The first-order valence-electron chi connectivity index (χ1n) is 6.14. The number of hydrogen-bond acceptors (Lipinski definition) is 2. The van der Waals surface area contributed by atoms with E-state index in [0.717, 1.165) is 25.8 Å². The molecule has 3 aromatic rings. The van der Waals surface area contributed by atoms with Crippen molar-refractivity contribution in [2.45, 2.75) is 6.61 Å². The van der Waals surface area contributed by atoms with Gasteiger partial charge in [0.1, 0.15) is 12.4 Å². The maximum absolute atomic E-state index is 5.96. The van der Waals surface area contributed by atoms with Gasteiger partial charge in [0.15, 0.2) is 0 Å². The van der Waals surface area contributed by atoms with E-state index in [1.54, 1.807) is 6.20 Å². The van der Waals surface area contributed by atoms with Gasteiger partial charge in [0, 0.05) is 17.6 Å². The van der Waals surface area contributed by atoms with Crippen molar-refractivity contribution >= 4 is 45.1 Å². The van der Waals surface area contributed by atoms with Crippen LogP contribution in [0.3, 0.4) is 0 Å². The van der Waals surface area contributed by atoms with Gasteiger partial charge in [-0.1, -0.05) is 41.9 Å². The van der Waals surface area contributed by atoms with Gasteiger partial charge in [-0.3, -0.25) is 4.98 Å². The van der Waals surface area contributed by atoms with Crippen molar-refractivity contribution in [3.8, 4) is 5.75 Å². The summed E-state index contributed by atoms with van der Waals surface area (Å²) in [7, 11) is 0. The fourth-order valence-electron chi connectivity index (χ4n) is 1.95. The number of rotatable bonds is 3. The summed E-state index contributed by atoms with van der Waals surface area (Å²) in [6, 6.07) is 16.0. The van der Waals surface area contributed by atoms with Crippen molar-refractivity contribution in [2.75, 3.05) is 0 Å². The van der Waals surface area contributed by atoms with Crippen LogP contribution in [-0.4, -0.2) is 4.98 Å². The average molecular weight is 396 g/mol. The smallest absolute Gasteiger partial charge is 0.135 e. The molecule has 3 rings (SSSR count). The first kappa shape index (κ1) is 13.6. The molecule has 2 aromatic carbocycles. The predicted octanol–water partition coefficient (Wildman–Crippen LogP) is 5.07. The van der Waals surface area contributed by atoms with Gasteiger partial charge in [0.2, 0.25) is 0 Å². The lowest BCUT2D eigenvalue weighted by Crippen LogP contribution is -1.97. The number of hydrogen-bond donors (Lipinski definition) is 0. The van der Waals surface area contributed by atoms with Gasteiger partial charge >= 0.3 is 0 Å². The molecule has 2 nitrogen and oxygen atoms in total. The van der Waals surface area contributed by atoms with Crippen LogP contribution < -0.4 is 4.74 Å². The van der Waals surface area contributed by atoms with Crippen LogP contribution in [0.1, 0.15) is 5.56 Å². The molecule has 0 unspecified atom stereocenters. The van der Waals surface area contributed by atoms with E-state index in [9.17, 15) is 0 Å². The molecular formula is C16H11ClINO. The summed E-state index contributed by atoms with van der Waals surface area (Å²) in [6.45, 7) is 0.552. The lowest BCUT2D eigenvalue weighted by molar-refractivity contribution is 0.304. The number of halogens is 2. The average Bonchev–Trinajstić information content (AvgIpc) is 2.46. The monoisotopic (exact) mass is 395 g/mol. The number of benzene rings is 2. The van der Waals surface area contributed by atoms with Crippen LogP contribution in [0.4, 0.5) is 0 Å². The minimum absolute atomic E-state index is 0.552. The van der Waals surface area contributed by atoms with E-state index in [4.69, 9.17) is 16.3 Å². The lowest BCUT2D eigenvalue weighted by Gasteiger charge is -2.09. The van der Waals surface area contributed by atoms with Gasteiger partial charge < -0.3 is 4.74 Å². The highest BCUT2D eigenvalue weighted by Gasteiger charge is 2.06. The molecule has 1 heterocycles. The first-order chi connectivity index (χ1) is 9.72. The van der Waals surface area contributed by atoms with Crippen LogP contribution in [0.2, 0.25) is 5.02 Å². The summed E-state index contributed by atoms with van der Waals surface area (Å²) in [5.41, 5.74) is 2.03. The standard InChI is InChI=1S/C16H11ClINO/c17-13-6-12-7-14(18)16(8-15(12)19-9-13)20-10-11-4-2-1-3-5-11/h1-9H,10H2. The molecule has 20 heavy (non-hydrogen) atoms. The third-order valence-corrected chi connectivity index (χ3v) is 3.99. The maximum Gasteiger partial charge on any atom is 0.135 e. The molecule has 0 saturated heterocycles. The Kier molecular flexibility index (Phi) is 4.08. The van der Waals surface area contributed by atoms with Crippen molar-refractivity contribution in [1.82, 2.24) is 4.98 Å². The summed E-state index contributed by atoms with van der Waals surface area (Å²) in [4.78, 5) is 4.32. The summed E-state index contributed by atoms with van der Waals surface area (Å²) in [6.07, 6.45) is 1.65. The Labute approximate surface area is 135 Å². The van der Waals surface area contributed by atoms with Crippen LogP contribution in [-0.2, 0) is 6.61 Å². The summed E-state index contributed by atoms with van der Waals surface area (Å²) >= 11 is 8.22. The highest BCUT2D eigenvalue weighted by molar-refractivity contribution is 14.1. The molecule has 1 aromatic heterocycles. The molecule has 0 saturated carbocycles. The van der Waals surface area contributed by atoms with Crippen LogP contribution in [0.5, 0.6) is 5.75 Å². The quantitative estimate of drug-likeness (QED) is 0.578. The van der Waals surface area contributed by atoms with Crippen LogP contribution >= 0.6 is 34.2 Å². The largest absolute Gasteiger partial charge is 0.488 e. The van der Waals surface area contributed by atoms with Crippen molar-refractivity contribution < 1.29 is 4.74 Å². The SMILES string of the molecule is Clc1cnc2cc(OCc3ccccc3)c(I)cc2c1. The van der Waals surface area contributed by atoms with Gasteiger partial charge in [0.25, 0.3) is 0 Å². The second-order valence-electron chi connectivity index (χ2n) is 4.40. The van der Waals surface area contributed by atoms with Gasteiger partial charge in [0.05, 0.1) is 14.1 Å². The summed E-state index contributed by atoms with van der Waals surface area (Å²) in [5, 5.41) is 1.67. The fraction of sp³-hybridized carbons (Fsp3) is 0.0625. The molecule has 0 N–H and O–H groups in total. The van der Waals surface area contributed by atoms with Gasteiger partial charge in [-0.25, -0.2) is 0 Å². The molecule has 0 aliphatic heterocycles. The summed E-state index contributed by atoms with van der Waals surface area (Å²) < 4.78 is 6.93. The number of pyridine rings is 1. The Hall–Kier alpha value is -1.33. The van der Waals surface area contributed by atoms with Gasteiger partial charge in [-0.2, -0.15) is 0 Å². The minimum atomic E-state index is 0.552. The third kappa shape index (κ3) is 3.04. The van der Waals surface area contributed by atoms with E-state index in [2.05, 4.69) is 27.6 Å². The van der Waals surface area contributed by atoms with Crippen molar-refractivity contribution in [2.24, 2.45) is 0 Å². The zero-order valence-electron chi connectivity index (χ0n) is 10.5. The number of fused-ring (bicyclic) bond motifs is 1. The highest BCUT2D eigenvalue weighted by atomic mass is 127. The first-order valence-corrected chi connectivity index (χ1v) is 7.59. The fourth-order valence-corrected chi connectivity index (χ4v) is 2.76. The lowest BCUT2D eigenvalue weighted by atomic mass is 10.2. The van der Waals surface area contributed by atoms with Crippen LogP contribution in [0.15, 0.2) is 54.7 Å². The molecule has 0 amide bonds. The molecule has 0 radical (unpaired) electrons. The second-order valence-corrected chi connectivity index (χ2v) is 6.00.